The maximum atomic E-state index is 13.2. The summed E-state index contributed by atoms with van der Waals surface area (Å²) in [6.45, 7) is 4.41. The quantitative estimate of drug-likeness (QED) is 0.795. The van der Waals surface area contributed by atoms with Gasteiger partial charge in [-0.1, -0.05) is 0 Å². The van der Waals surface area contributed by atoms with Gasteiger partial charge < -0.3 is 15.0 Å². The molecule has 10 heteroatoms. The fraction of sp³-hybridized carbons (Fsp3) is 0.368. The average molecular weight is 436 g/mol. The van der Waals surface area contributed by atoms with Crippen LogP contribution in [0, 0.1) is 6.92 Å². The maximum absolute atomic E-state index is 13.2. The van der Waals surface area contributed by atoms with Crippen molar-refractivity contribution in [1.82, 2.24) is 9.21 Å². The van der Waals surface area contributed by atoms with E-state index in [4.69, 9.17) is 4.74 Å². The largest absolute Gasteiger partial charge is 0.479 e. The van der Waals surface area contributed by atoms with Crippen LogP contribution in [0.15, 0.2) is 33.9 Å². The van der Waals surface area contributed by atoms with Crippen LogP contribution in [-0.2, 0) is 14.8 Å². The van der Waals surface area contributed by atoms with Gasteiger partial charge in [0, 0.05) is 37.6 Å². The van der Waals surface area contributed by atoms with E-state index < -0.39 is 16.1 Å². The molecule has 154 valence electrons. The van der Waals surface area contributed by atoms with Crippen LogP contribution in [0.1, 0.15) is 22.8 Å². The van der Waals surface area contributed by atoms with E-state index in [2.05, 4.69) is 5.32 Å². The number of aryl methyl sites for hydroxylation is 1. The normalized spacial score (nSPS) is 20.0. The summed E-state index contributed by atoms with van der Waals surface area (Å²) >= 11 is 1.46. The number of hydrogen-bond donors (Lipinski definition) is 1. The van der Waals surface area contributed by atoms with E-state index in [0.717, 1.165) is 0 Å². The number of hydrogen-bond acceptors (Lipinski definition) is 6. The van der Waals surface area contributed by atoms with Crippen LogP contribution >= 0.6 is 11.3 Å². The monoisotopic (exact) mass is 435 g/mol. The summed E-state index contributed by atoms with van der Waals surface area (Å²) in [5, 5.41) is 6.36. The highest BCUT2D eigenvalue weighted by Gasteiger charge is 2.33. The molecule has 0 radical (unpaired) electrons. The third-order valence-electron chi connectivity index (χ3n) is 5.12. The number of anilines is 1. The lowest BCUT2D eigenvalue weighted by atomic mass is 10.1. The van der Waals surface area contributed by atoms with Crippen LogP contribution in [-0.4, -0.2) is 61.7 Å². The van der Waals surface area contributed by atoms with Crippen LogP contribution in [0.2, 0.25) is 0 Å². The van der Waals surface area contributed by atoms with Gasteiger partial charge in [-0.25, -0.2) is 8.42 Å². The van der Waals surface area contributed by atoms with Gasteiger partial charge in [-0.2, -0.15) is 15.6 Å². The van der Waals surface area contributed by atoms with Gasteiger partial charge in [0.25, 0.3) is 11.8 Å². The zero-order valence-corrected chi connectivity index (χ0v) is 17.7. The van der Waals surface area contributed by atoms with E-state index in [1.165, 1.54) is 21.7 Å². The Morgan fingerprint density at radius 2 is 1.97 bits per heavy atom. The first-order chi connectivity index (χ1) is 13.8. The van der Waals surface area contributed by atoms with E-state index in [1.807, 2.05) is 5.38 Å². The van der Waals surface area contributed by atoms with Crippen molar-refractivity contribution >= 4 is 38.9 Å². The van der Waals surface area contributed by atoms with E-state index >= 15 is 0 Å². The number of thiophene rings is 1. The van der Waals surface area contributed by atoms with Gasteiger partial charge in [0.05, 0.1) is 16.1 Å². The van der Waals surface area contributed by atoms with Crippen molar-refractivity contribution in [1.29, 1.82) is 0 Å². The Morgan fingerprint density at radius 3 is 2.62 bits per heavy atom. The van der Waals surface area contributed by atoms with Gasteiger partial charge in [0.1, 0.15) is 5.75 Å². The Hall–Kier alpha value is -2.43. The Balaban J connectivity index is 1.53. The van der Waals surface area contributed by atoms with Crippen LogP contribution in [0.5, 0.6) is 5.75 Å². The molecule has 1 saturated heterocycles. The molecule has 1 aromatic carbocycles. The molecule has 0 aliphatic carbocycles. The molecule has 2 aromatic rings. The van der Waals surface area contributed by atoms with Crippen molar-refractivity contribution < 1.29 is 22.7 Å². The van der Waals surface area contributed by atoms with Crippen LogP contribution in [0.25, 0.3) is 0 Å². The summed E-state index contributed by atoms with van der Waals surface area (Å²) in [5.74, 6) is -0.00199. The van der Waals surface area contributed by atoms with E-state index in [1.54, 1.807) is 36.3 Å². The van der Waals surface area contributed by atoms with Crippen molar-refractivity contribution in [3.63, 3.8) is 0 Å². The van der Waals surface area contributed by atoms with Crippen molar-refractivity contribution in [3.05, 3.63) is 40.1 Å². The molecule has 1 aromatic heterocycles. The minimum Gasteiger partial charge on any atom is -0.479 e. The summed E-state index contributed by atoms with van der Waals surface area (Å²) in [7, 11) is -3.76. The number of amides is 2. The first kappa shape index (κ1) is 19.9. The lowest BCUT2D eigenvalue weighted by molar-refractivity contribution is -0.122. The SMILES string of the molecule is Cc1cc2c(cc1S(=O)(=O)N1CCN(C(=O)c3ccsc3)CC1)O[C@@H](C)C(=O)N2. The minimum absolute atomic E-state index is 0.0774. The first-order valence-corrected chi connectivity index (χ1v) is 11.6. The number of sulfonamides is 1. The fourth-order valence-corrected chi connectivity index (χ4v) is 5.73. The van der Waals surface area contributed by atoms with Crippen LogP contribution in [0.3, 0.4) is 0 Å². The maximum Gasteiger partial charge on any atom is 0.265 e. The molecule has 29 heavy (non-hydrogen) atoms. The van der Waals surface area contributed by atoms with Gasteiger partial charge in [0.15, 0.2) is 6.10 Å². The van der Waals surface area contributed by atoms with Crippen molar-refractivity contribution in [3.8, 4) is 5.75 Å². The van der Waals surface area contributed by atoms with Crippen LogP contribution < -0.4 is 10.1 Å². The summed E-state index contributed by atoms with van der Waals surface area (Å²) in [5.41, 5.74) is 1.62. The van der Waals surface area contributed by atoms with E-state index in [0.29, 0.717) is 35.7 Å². The number of carbonyl (C=O) groups is 2. The number of piperazine rings is 1. The summed E-state index contributed by atoms with van der Waals surface area (Å²) in [4.78, 5) is 26.1. The predicted molar refractivity (Wildman–Crippen MR) is 109 cm³/mol. The van der Waals surface area contributed by atoms with Crippen molar-refractivity contribution in [2.75, 3.05) is 31.5 Å². The average Bonchev–Trinajstić information content (AvgIpc) is 3.23. The molecular weight excluding hydrogens is 414 g/mol. The zero-order valence-electron chi connectivity index (χ0n) is 16.0. The lowest BCUT2D eigenvalue weighted by Gasteiger charge is -2.34. The van der Waals surface area contributed by atoms with Crippen LogP contribution in [0.4, 0.5) is 5.69 Å². The molecule has 1 fully saturated rings. The smallest absolute Gasteiger partial charge is 0.265 e. The molecule has 0 saturated carbocycles. The fourth-order valence-electron chi connectivity index (χ4n) is 3.46. The Bertz CT molecular complexity index is 1060. The first-order valence-electron chi connectivity index (χ1n) is 9.21. The predicted octanol–water partition coefficient (Wildman–Crippen LogP) is 1.92. The molecular formula is C19H21N3O5S2. The second kappa shape index (κ2) is 7.43. The summed E-state index contributed by atoms with van der Waals surface area (Å²) < 4.78 is 33.4. The Morgan fingerprint density at radius 1 is 1.24 bits per heavy atom. The molecule has 2 amide bonds. The Kier molecular flexibility index (Phi) is 5.09. The molecule has 0 unspecified atom stereocenters. The molecule has 3 heterocycles. The number of fused-ring (bicyclic) bond motifs is 1. The standard InChI is InChI=1S/C19H21N3O5S2/c1-12-9-15-16(27-13(2)18(23)20-15)10-17(12)29(25,26)22-6-4-21(5-7-22)19(24)14-3-8-28-11-14/h3,8-11,13H,4-7H2,1-2H3,(H,20,23)/t13-/m0/s1. The molecule has 2 aliphatic heterocycles. The molecule has 0 spiro atoms. The highest BCUT2D eigenvalue weighted by Crippen LogP contribution is 2.35. The van der Waals surface area contributed by atoms with Gasteiger partial charge in [0.2, 0.25) is 10.0 Å². The molecule has 1 N–H and O–H groups in total. The number of nitrogens with zero attached hydrogens (tertiary/aromatic N) is 2. The number of nitrogens with one attached hydrogen (secondary N) is 1. The summed E-state index contributed by atoms with van der Waals surface area (Å²) in [6, 6.07) is 4.85. The highest BCUT2D eigenvalue weighted by atomic mass is 32.2. The number of rotatable bonds is 3. The summed E-state index contributed by atoms with van der Waals surface area (Å²) in [6.07, 6.45) is -0.688. The number of benzene rings is 1. The topological polar surface area (TPSA) is 96.0 Å². The second-order valence-electron chi connectivity index (χ2n) is 7.07. The van der Waals surface area contributed by atoms with Gasteiger partial charge in [-0.05, 0) is 36.9 Å². The van der Waals surface area contributed by atoms with E-state index in [-0.39, 0.29) is 29.8 Å². The molecule has 8 nitrogen and oxygen atoms in total. The molecule has 4 rings (SSSR count). The molecule has 1 atom stereocenters. The van der Waals surface area contributed by atoms with Gasteiger partial charge in [-0.15, -0.1) is 0 Å². The van der Waals surface area contributed by atoms with E-state index in [9.17, 15) is 18.0 Å². The zero-order chi connectivity index (χ0) is 20.8. The van der Waals surface area contributed by atoms with Gasteiger partial charge in [-0.3, -0.25) is 9.59 Å². The lowest BCUT2D eigenvalue weighted by Crippen LogP contribution is -2.50. The van der Waals surface area contributed by atoms with Crippen molar-refractivity contribution in [2.45, 2.75) is 24.8 Å². The number of carbonyl (C=O) groups excluding carboxylic acids is 2. The Labute approximate surface area is 173 Å². The third kappa shape index (κ3) is 3.63. The second-order valence-corrected chi connectivity index (χ2v) is 9.76. The minimum atomic E-state index is -3.76. The van der Waals surface area contributed by atoms with Gasteiger partial charge >= 0.3 is 0 Å². The third-order valence-corrected chi connectivity index (χ3v) is 7.84. The molecule has 2 aliphatic rings. The van der Waals surface area contributed by atoms with Crippen molar-refractivity contribution in [2.24, 2.45) is 0 Å². The highest BCUT2D eigenvalue weighted by molar-refractivity contribution is 7.89. The number of ether oxygens (including phenoxy) is 1. The molecule has 0 bridgehead atoms.